The third kappa shape index (κ3) is 6.72. The van der Waals surface area contributed by atoms with E-state index in [2.05, 4.69) is 4.90 Å². The van der Waals surface area contributed by atoms with E-state index in [0.717, 1.165) is 44.3 Å². The number of fused-ring (bicyclic) bond motifs is 2. The molecule has 2 aliphatic rings. The second kappa shape index (κ2) is 12.3. The molecule has 0 radical (unpaired) electrons. The summed E-state index contributed by atoms with van der Waals surface area (Å²) in [5.41, 5.74) is 1.55. The van der Waals surface area contributed by atoms with Crippen molar-refractivity contribution in [2.75, 3.05) is 6.54 Å². The second-order valence-electron chi connectivity index (χ2n) is 9.59. The lowest BCUT2D eigenvalue weighted by Gasteiger charge is -2.39. The first-order chi connectivity index (χ1) is 17.5. The van der Waals surface area contributed by atoms with E-state index in [0.29, 0.717) is 36.4 Å². The van der Waals surface area contributed by atoms with Gasteiger partial charge in [0.05, 0.1) is 12.7 Å². The van der Waals surface area contributed by atoms with E-state index in [-0.39, 0.29) is 23.2 Å². The zero-order valence-corrected chi connectivity index (χ0v) is 21.4. The van der Waals surface area contributed by atoms with Crippen molar-refractivity contribution in [3.63, 3.8) is 0 Å². The molecule has 10 nitrogen and oxygen atoms in total. The van der Waals surface area contributed by atoms with Gasteiger partial charge in [-0.05, 0) is 52.0 Å². The van der Waals surface area contributed by atoms with Gasteiger partial charge in [-0.2, -0.15) is 0 Å². The van der Waals surface area contributed by atoms with Crippen LogP contribution in [0.15, 0.2) is 33.9 Å². The largest absolute Gasteiger partial charge is 0.473 e. The average molecular weight is 520 g/mol. The van der Waals surface area contributed by atoms with Gasteiger partial charge in [-0.1, -0.05) is 18.2 Å². The van der Waals surface area contributed by atoms with Gasteiger partial charge in [0.2, 0.25) is 0 Å². The first kappa shape index (κ1) is 28.3. The number of nitrogens with zero attached hydrogens (tertiary/aromatic N) is 3. The molecule has 1 aromatic carbocycles. The molecule has 2 aliphatic heterocycles. The fourth-order valence-corrected chi connectivity index (χ4v) is 5.18. The third-order valence-electron chi connectivity index (χ3n) is 7.38. The molecule has 0 aliphatic carbocycles. The summed E-state index contributed by atoms with van der Waals surface area (Å²) in [4.78, 5) is 45.8. The molecule has 3 heterocycles. The van der Waals surface area contributed by atoms with E-state index in [1.165, 1.54) is 10.6 Å². The minimum Gasteiger partial charge on any atom is -0.473 e. The zero-order valence-electron chi connectivity index (χ0n) is 21.4. The smallest absolute Gasteiger partial charge is 0.414 e. The van der Waals surface area contributed by atoms with E-state index < -0.39 is 11.9 Å². The number of aromatic nitrogens is 2. The number of ether oxygens (including phenoxy) is 1. The standard InChI is InChI=1S/C24H32FN3O3.C2H2O4/c1-16-17(2)26(3)24(30)28(23(16)29)12-6-11-27-19-9-10-20(27)14-21(13-19)31-15-18-7-4-5-8-22(18)25;3-1(4)2(5)6/h4-5,7-8,19-21H,6,9-15H2,1-3H3;(H,3,4)(H,5,6). The van der Waals surface area contributed by atoms with Crippen molar-refractivity contribution >= 4 is 11.9 Å². The molecule has 2 aromatic rings. The normalized spacial score (nSPS) is 20.8. The molecule has 0 saturated carbocycles. The molecule has 4 rings (SSSR count). The molecule has 0 amide bonds. The number of piperidine rings is 1. The van der Waals surface area contributed by atoms with Crippen molar-refractivity contribution in [1.82, 2.24) is 14.0 Å². The maximum atomic E-state index is 13.8. The molecule has 2 atom stereocenters. The van der Waals surface area contributed by atoms with Crippen molar-refractivity contribution in [1.29, 1.82) is 0 Å². The van der Waals surface area contributed by atoms with Crippen LogP contribution in [0.5, 0.6) is 0 Å². The molecule has 2 N–H and O–H groups in total. The maximum absolute atomic E-state index is 13.8. The van der Waals surface area contributed by atoms with Gasteiger partial charge in [-0.25, -0.2) is 18.8 Å². The fraction of sp³-hybridized carbons (Fsp3) is 0.538. The van der Waals surface area contributed by atoms with Crippen molar-refractivity contribution < 1.29 is 28.9 Å². The molecule has 2 fully saturated rings. The number of hydrogen-bond acceptors (Lipinski definition) is 6. The molecule has 37 heavy (non-hydrogen) atoms. The van der Waals surface area contributed by atoms with Crippen LogP contribution >= 0.6 is 0 Å². The van der Waals surface area contributed by atoms with Crippen molar-refractivity contribution in [2.45, 2.75) is 77.3 Å². The van der Waals surface area contributed by atoms with Gasteiger partial charge in [0.1, 0.15) is 5.82 Å². The van der Waals surface area contributed by atoms with Gasteiger partial charge in [-0.15, -0.1) is 0 Å². The number of halogens is 1. The molecular formula is C26H34FN3O7. The Morgan fingerprint density at radius 1 is 1.03 bits per heavy atom. The van der Waals surface area contributed by atoms with Gasteiger partial charge in [-0.3, -0.25) is 14.3 Å². The molecule has 1 aromatic heterocycles. The Morgan fingerprint density at radius 2 is 1.62 bits per heavy atom. The Labute approximate surface area is 213 Å². The fourth-order valence-electron chi connectivity index (χ4n) is 5.18. The molecule has 2 unspecified atom stereocenters. The number of rotatable bonds is 7. The average Bonchev–Trinajstić information content (AvgIpc) is 3.10. The monoisotopic (exact) mass is 519 g/mol. The van der Waals surface area contributed by atoms with Crippen molar-refractivity contribution in [3.8, 4) is 0 Å². The summed E-state index contributed by atoms with van der Waals surface area (Å²) in [5, 5.41) is 14.8. The van der Waals surface area contributed by atoms with Crippen LogP contribution in [0, 0.1) is 19.7 Å². The summed E-state index contributed by atoms with van der Waals surface area (Å²) < 4.78 is 22.8. The maximum Gasteiger partial charge on any atom is 0.414 e. The minimum absolute atomic E-state index is 0.156. The lowest BCUT2D eigenvalue weighted by Crippen LogP contribution is -2.46. The van der Waals surface area contributed by atoms with Gasteiger partial charge in [0, 0.05) is 49.0 Å². The lowest BCUT2D eigenvalue weighted by atomic mass is 9.99. The van der Waals surface area contributed by atoms with Crippen LogP contribution in [0.4, 0.5) is 4.39 Å². The predicted octanol–water partition coefficient (Wildman–Crippen LogP) is 2.06. The number of carbonyl (C=O) groups is 2. The summed E-state index contributed by atoms with van der Waals surface area (Å²) >= 11 is 0. The predicted molar refractivity (Wildman–Crippen MR) is 133 cm³/mol. The third-order valence-corrected chi connectivity index (χ3v) is 7.38. The molecule has 2 bridgehead atoms. The highest BCUT2D eigenvalue weighted by Crippen LogP contribution is 2.37. The molecule has 11 heteroatoms. The summed E-state index contributed by atoms with van der Waals surface area (Å²) in [7, 11) is 1.72. The summed E-state index contributed by atoms with van der Waals surface area (Å²) in [6.07, 6.45) is 5.13. The van der Waals surface area contributed by atoms with Gasteiger partial charge < -0.3 is 19.5 Å². The van der Waals surface area contributed by atoms with E-state index in [4.69, 9.17) is 24.5 Å². The molecule has 2 saturated heterocycles. The second-order valence-corrected chi connectivity index (χ2v) is 9.59. The van der Waals surface area contributed by atoms with Crippen LogP contribution < -0.4 is 11.2 Å². The highest BCUT2D eigenvalue weighted by atomic mass is 19.1. The van der Waals surface area contributed by atoms with Crippen LogP contribution in [-0.2, 0) is 34.5 Å². The Kier molecular flexibility index (Phi) is 9.39. The molecular weight excluding hydrogens is 485 g/mol. The zero-order chi connectivity index (χ0) is 27.3. The highest BCUT2D eigenvalue weighted by Gasteiger charge is 2.40. The first-order valence-corrected chi connectivity index (χ1v) is 12.3. The van der Waals surface area contributed by atoms with E-state index in [1.54, 1.807) is 37.6 Å². The quantitative estimate of drug-likeness (QED) is 0.532. The molecule has 202 valence electrons. The number of hydrogen-bond donors (Lipinski definition) is 2. The first-order valence-electron chi connectivity index (χ1n) is 12.3. The Morgan fingerprint density at radius 3 is 2.19 bits per heavy atom. The van der Waals surface area contributed by atoms with Crippen LogP contribution in [-0.4, -0.2) is 60.9 Å². The Balaban J connectivity index is 0.000000568. The number of carboxylic acids is 2. The highest BCUT2D eigenvalue weighted by molar-refractivity contribution is 6.27. The van der Waals surface area contributed by atoms with E-state index in [9.17, 15) is 14.0 Å². The van der Waals surface area contributed by atoms with Crippen molar-refractivity contribution in [3.05, 3.63) is 67.7 Å². The lowest BCUT2D eigenvalue weighted by molar-refractivity contribution is -0.159. The van der Waals surface area contributed by atoms with Crippen LogP contribution in [0.3, 0.4) is 0 Å². The van der Waals surface area contributed by atoms with Crippen molar-refractivity contribution in [2.24, 2.45) is 7.05 Å². The van der Waals surface area contributed by atoms with E-state index >= 15 is 0 Å². The summed E-state index contributed by atoms with van der Waals surface area (Å²) in [6, 6.07) is 7.70. The minimum atomic E-state index is -1.82. The summed E-state index contributed by atoms with van der Waals surface area (Å²) in [5.74, 6) is -3.86. The van der Waals surface area contributed by atoms with Gasteiger partial charge in [0.25, 0.3) is 5.56 Å². The Bertz CT molecular complexity index is 1190. The molecule has 0 spiro atoms. The SMILES string of the molecule is Cc1c(C)n(C)c(=O)n(CCCN2C3CCC2CC(OCc2ccccc2F)C3)c1=O.O=C(O)C(=O)O. The Hall–Kier alpha value is -3.31. The van der Waals surface area contributed by atoms with Gasteiger partial charge >= 0.3 is 17.6 Å². The number of aliphatic carboxylic acids is 2. The van der Waals surface area contributed by atoms with E-state index in [1.807, 2.05) is 6.07 Å². The number of benzene rings is 1. The van der Waals surface area contributed by atoms with Gasteiger partial charge in [0.15, 0.2) is 0 Å². The van der Waals surface area contributed by atoms with Crippen LogP contribution in [0.25, 0.3) is 0 Å². The number of carboxylic acid groups (broad SMARTS) is 2. The van der Waals surface area contributed by atoms with Crippen LogP contribution in [0.2, 0.25) is 0 Å². The summed E-state index contributed by atoms with van der Waals surface area (Å²) in [6.45, 7) is 5.21. The topological polar surface area (TPSA) is 131 Å². The van der Waals surface area contributed by atoms with Crippen LogP contribution in [0.1, 0.15) is 48.9 Å².